The lowest BCUT2D eigenvalue weighted by Crippen LogP contribution is -2.41. The number of hydrogen-bond donors (Lipinski definition) is 1. The second-order valence-corrected chi connectivity index (χ2v) is 8.57. The van der Waals surface area contributed by atoms with E-state index in [9.17, 15) is 4.79 Å². The Morgan fingerprint density at radius 1 is 1.00 bits per heavy atom. The number of nitrogens with one attached hydrogen (secondary N) is 1. The van der Waals surface area contributed by atoms with Crippen LogP contribution in [0.3, 0.4) is 0 Å². The maximum atomic E-state index is 12.9. The summed E-state index contributed by atoms with van der Waals surface area (Å²) in [4.78, 5) is 24.3. The van der Waals surface area contributed by atoms with Gasteiger partial charge in [-0.05, 0) is 37.5 Å². The van der Waals surface area contributed by atoms with Gasteiger partial charge in [0.25, 0.3) is 5.89 Å². The van der Waals surface area contributed by atoms with Crippen LogP contribution in [0.1, 0.15) is 31.4 Å². The van der Waals surface area contributed by atoms with E-state index in [1.807, 2.05) is 79.7 Å². The molecule has 3 heterocycles. The number of amides is 1. The fourth-order valence-electron chi connectivity index (χ4n) is 4.36. The van der Waals surface area contributed by atoms with Crippen LogP contribution in [-0.4, -0.2) is 34.1 Å². The van der Waals surface area contributed by atoms with Gasteiger partial charge in [-0.15, -0.1) is 0 Å². The molecule has 1 aliphatic rings. The first-order chi connectivity index (χ1) is 16.7. The molecule has 1 saturated heterocycles. The first-order valence-electron chi connectivity index (χ1n) is 11.6. The van der Waals surface area contributed by atoms with Crippen LogP contribution in [0, 0.1) is 5.92 Å². The van der Waals surface area contributed by atoms with E-state index in [-0.39, 0.29) is 17.9 Å². The van der Waals surface area contributed by atoms with Crippen molar-refractivity contribution in [3.8, 4) is 22.8 Å². The summed E-state index contributed by atoms with van der Waals surface area (Å²) in [6.07, 6.45) is 3.30. The number of carbonyl (C=O) groups is 1. The van der Waals surface area contributed by atoms with E-state index in [0.29, 0.717) is 11.7 Å². The Kier molecular flexibility index (Phi) is 6.33. The van der Waals surface area contributed by atoms with Crippen LogP contribution in [0.5, 0.6) is 0 Å². The summed E-state index contributed by atoms with van der Waals surface area (Å²) in [5.74, 6) is 1.90. The molecule has 1 fully saturated rings. The van der Waals surface area contributed by atoms with Crippen LogP contribution < -0.4 is 10.2 Å². The first kappa shape index (κ1) is 21.8. The normalized spacial score (nSPS) is 15.1. The molecule has 5 rings (SSSR count). The van der Waals surface area contributed by atoms with E-state index in [0.717, 1.165) is 48.4 Å². The zero-order valence-corrected chi connectivity index (χ0v) is 19.1. The molecule has 2 aromatic heterocycles. The van der Waals surface area contributed by atoms with E-state index in [4.69, 9.17) is 4.52 Å². The predicted molar refractivity (Wildman–Crippen MR) is 131 cm³/mol. The van der Waals surface area contributed by atoms with E-state index in [1.54, 1.807) is 6.20 Å². The van der Waals surface area contributed by atoms with Gasteiger partial charge in [0.05, 0.1) is 11.6 Å². The molecular weight excluding hydrogens is 426 g/mol. The number of carbonyl (C=O) groups excluding carboxylic acids is 1. The van der Waals surface area contributed by atoms with Gasteiger partial charge in [-0.25, -0.2) is 4.98 Å². The van der Waals surface area contributed by atoms with Gasteiger partial charge in [-0.1, -0.05) is 65.8 Å². The maximum Gasteiger partial charge on any atom is 0.261 e. The fourth-order valence-corrected chi connectivity index (χ4v) is 4.36. The number of pyridine rings is 1. The lowest BCUT2D eigenvalue weighted by molar-refractivity contribution is -0.126. The zero-order chi connectivity index (χ0) is 23.3. The molecule has 1 N–H and O–H groups in total. The van der Waals surface area contributed by atoms with Crippen molar-refractivity contribution in [1.29, 1.82) is 0 Å². The van der Waals surface area contributed by atoms with Crippen molar-refractivity contribution in [3.05, 3.63) is 84.6 Å². The molecule has 7 nitrogen and oxygen atoms in total. The van der Waals surface area contributed by atoms with Gasteiger partial charge in [-0.2, -0.15) is 4.98 Å². The summed E-state index contributed by atoms with van der Waals surface area (Å²) in [7, 11) is 0. The Morgan fingerprint density at radius 3 is 2.44 bits per heavy atom. The Balaban J connectivity index is 1.26. The third kappa shape index (κ3) is 4.69. The highest BCUT2D eigenvalue weighted by atomic mass is 16.5. The van der Waals surface area contributed by atoms with Gasteiger partial charge >= 0.3 is 0 Å². The SMILES string of the molecule is C[C@@H](NC(=O)C1CCN(c2ncccc2-c2nc(-c3ccccc3)no2)CC1)c1ccccc1. The fraction of sp³-hybridized carbons (Fsp3) is 0.259. The van der Waals surface area contributed by atoms with Gasteiger partial charge in [-0.3, -0.25) is 4.79 Å². The minimum Gasteiger partial charge on any atom is -0.356 e. The van der Waals surface area contributed by atoms with Crippen molar-refractivity contribution in [1.82, 2.24) is 20.4 Å². The molecule has 172 valence electrons. The third-order valence-corrected chi connectivity index (χ3v) is 6.30. The number of hydrogen-bond acceptors (Lipinski definition) is 6. The zero-order valence-electron chi connectivity index (χ0n) is 19.1. The minimum atomic E-state index is -0.0114. The molecule has 0 spiro atoms. The van der Waals surface area contributed by atoms with Gasteiger partial charge in [0.2, 0.25) is 11.7 Å². The topological polar surface area (TPSA) is 84.2 Å². The van der Waals surface area contributed by atoms with Crippen molar-refractivity contribution in [3.63, 3.8) is 0 Å². The Labute approximate surface area is 198 Å². The van der Waals surface area contributed by atoms with E-state index >= 15 is 0 Å². The largest absolute Gasteiger partial charge is 0.356 e. The maximum absolute atomic E-state index is 12.9. The van der Waals surface area contributed by atoms with Gasteiger partial charge in [0.1, 0.15) is 5.82 Å². The Bertz CT molecular complexity index is 1230. The van der Waals surface area contributed by atoms with E-state index in [1.165, 1.54) is 0 Å². The summed E-state index contributed by atoms with van der Waals surface area (Å²) in [6, 6.07) is 23.6. The molecular formula is C27H27N5O2. The van der Waals surface area contributed by atoms with Crippen LogP contribution in [0.2, 0.25) is 0 Å². The second kappa shape index (κ2) is 9.87. The molecule has 1 atom stereocenters. The average Bonchev–Trinajstić information content (AvgIpc) is 3.40. The van der Waals surface area contributed by atoms with Crippen molar-refractivity contribution in [2.45, 2.75) is 25.8 Å². The molecule has 1 aliphatic heterocycles. The van der Waals surface area contributed by atoms with E-state index < -0.39 is 0 Å². The van der Waals surface area contributed by atoms with Crippen molar-refractivity contribution < 1.29 is 9.32 Å². The highest BCUT2D eigenvalue weighted by Gasteiger charge is 2.28. The molecule has 4 aromatic rings. The average molecular weight is 454 g/mol. The molecule has 2 aromatic carbocycles. The number of anilines is 1. The first-order valence-corrected chi connectivity index (χ1v) is 11.6. The van der Waals surface area contributed by atoms with Crippen LogP contribution in [0.4, 0.5) is 5.82 Å². The molecule has 34 heavy (non-hydrogen) atoms. The molecule has 0 radical (unpaired) electrons. The Morgan fingerprint density at radius 2 is 1.71 bits per heavy atom. The van der Waals surface area contributed by atoms with Crippen LogP contribution in [-0.2, 0) is 4.79 Å². The van der Waals surface area contributed by atoms with Crippen molar-refractivity contribution in [2.75, 3.05) is 18.0 Å². The molecule has 7 heteroatoms. The second-order valence-electron chi connectivity index (χ2n) is 8.57. The number of piperidine rings is 1. The molecule has 0 saturated carbocycles. The number of benzene rings is 2. The highest BCUT2D eigenvalue weighted by Crippen LogP contribution is 2.32. The minimum absolute atomic E-state index is 0.00883. The quantitative estimate of drug-likeness (QED) is 0.447. The molecule has 0 aliphatic carbocycles. The summed E-state index contributed by atoms with van der Waals surface area (Å²) in [5.41, 5.74) is 2.82. The number of aromatic nitrogens is 3. The lowest BCUT2D eigenvalue weighted by atomic mass is 9.95. The van der Waals surface area contributed by atoms with Crippen LogP contribution >= 0.6 is 0 Å². The molecule has 0 bridgehead atoms. The van der Waals surface area contributed by atoms with E-state index in [2.05, 4.69) is 25.3 Å². The van der Waals surface area contributed by atoms with Gasteiger partial charge in [0, 0.05) is 30.8 Å². The number of rotatable bonds is 6. The highest BCUT2D eigenvalue weighted by molar-refractivity contribution is 5.79. The standard InChI is InChI=1S/C27H27N5O2/c1-19(20-9-4-2-5-10-20)29-26(33)22-14-17-32(18-15-22)25-23(13-8-16-28-25)27-30-24(31-34-27)21-11-6-3-7-12-21/h2-13,16,19,22H,14-15,17-18H2,1H3,(H,29,33)/t19-/m1/s1. The van der Waals surface area contributed by atoms with Crippen molar-refractivity contribution in [2.24, 2.45) is 5.92 Å². The van der Waals surface area contributed by atoms with Gasteiger partial charge in [0.15, 0.2) is 0 Å². The summed E-state index contributed by atoms with van der Waals surface area (Å²) in [5, 5.41) is 7.32. The molecule has 1 amide bonds. The summed E-state index contributed by atoms with van der Waals surface area (Å²) in [6.45, 7) is 3.50. The summed E-state index contributed by atoms with van der Waals surface area (Å²) >= 11 is 0. The van der Waals surface area contributed by atoms with Crippen molar-refractivity contribution >= 4 is 11.7 Å². The Hall–Kier alpha value is -4.00. The summed E-state index contributed by atoms with van der Waals surface area (Å²) < 4.78 is 5.59. The smallest absolute Gasteiger partial charge is 0.261 e. The predicted octanol–water partition coefficient (Wildman–Crippen LogP) is 4.89. The lowest BCUT2D eigenvalue weighted by Gasteiger charge is -2.33. The van der Waals surface area contributed by atoms with Crippen LogP contribution in [0.15, 0.2) is 83.5 Å². The number of nitrogens with zero attached hydrogens (tertiary/aromatic N) is 4. The third-order valence-electron chi connectivity index (χ3n) is 6.30. The van der Waals surface area contributed by atoms with Gasteiger partial charge < -0.3 is 14.7 Å². The monoisotopic (exact) mass is 453 g/mol. The van der Waals surface area contributed by atoms with Crippen LogP contribution in [0.25, 0.3) is 22.8 Å². The molecule has 0 unspecified atom stereocenters.